The Balaban J connectivity index is 3.20. The van der Waals surface area contributed by atoms with Crippen LogP contribution >= 0.6 is 0 Å². The van der Waals surface area contributed by atoms with Crippen LogP contribution in [0.2, 0.25) is 0 Å². The number of hydrogen-bond acceptors (Lipinski definition) is 4. The van der Waals surface area contributed by atoms with Gasteiger partial charge in [0.2, 0.25) is 0 Å². The fraction of sp³-hybridized carbons (Fsp3) is 0.143. The molecular formula is C7H9NO6S2. The number of rotatable bonds is 3. The Kier molecular flexibility index (Phi) is 3.24. The molecule has 1 rings (SSSR count). The second-order valence-corrected chi connectivity index (χ2v) is 5.58. The molecule has 1 aromatic rings. The van der Waals surface area contributed by atoms with Gasteiger partial charge in [-0.1, -0.05) is 0 Å². The van der Waals surface area contributed by atoms with Crippen molar-refractivity contribution in [2.24, 2.45) is 0 Å². The van der Waals surface area contributed by atoms with Crippen LogP contribution in [0.1, 0.15) is 5.56 Å². The van der Waals surface area contributed by atoms with Crippen LogP contribution in [0.4, 0.5) is 5.69 Å². The maximum atomic E-state index is 10.8. The first kappa shape index (κ1) is 12.9. The van der Waals surface area contributed by atoms with Crippen LogP contribution in [-0.4, -0.2) is 25.9 Å². The molecule has 0 bridgehead atoms. The number of aryl methyl sites for hydroxylation is 1. The van der Waals surface area contributed by atoms with E-state index < -0.39 is 20.4 Å². The minimum Gasteiger partial charge on any atom is -0.282 e. The van der Waals surface area contributed by atoms with Crippen molar-refractivity contribution in [3.8, 4) is 0 Å². The summed E-state index contributed by atoms with van der Waals surface area (Å²) < 4.78 is 61.6. The molecule has 0 atom stereocenters. The topological polar surface area (TPSA) is 121 Å². The van der Waals surface area contributed by atoms with Crippen molar-refractivity contribution in [2.45, 2.75) is 11.8 Å². The number of hydrogen-bond donors (Lipinski definition) is 3. The lowest BCUT2D eigenvalue weighted by Gasteiger charge is -2.06. The summed E-state index contributed by atoms with van der Waals surface area (Å²) in [6, 6.07) is 3.29. The van der Waals surface area contributed by atoms with Crippen molar-refractivity contribution in [2.75, 3.05) is 4.72 Å². The van der Waals surface area contributed by atoms with Gasteiger partial charge in [-0.15, -0.1) is 0 Å². The second kappa shape index (κ2) is 4.01. The van der Waals surface area contributed by atoms with Crippen LogP contribution in [0.3, 0.4) is 0 Å². The Hall–Kier alpha value is -1.16. The molecule has 0 heterocycles. The normalized spacial score (nSPS) is 12.4. The molecule has 0 saturated heterocycles. The van der Waals surface area contributed by atoms with Gasteiger partial charge in [0.05, 0.1) is 10.6 Å². The summed E-state index contributed by atoms with van der Waals surface area (Å²) in [5, 5.41) is 0. The van der Waals surface area contributed by atoms with E-state index in [1.54, 1.807) is 4.72 Å². The molecule has 0 aliphatic heterocycles. The van der Waals surface area contributed by atoms with E-state index in [0.29, 0.717) is 0 Å². The largest absolute Gasteiger partial charge is 0.357 e. The molecular weight excluding hydrogens is 258 g/mol. The van der Waals surface area contributed by atoms with E-state index in [-0.39, 0.29) is 16.1 Å². The fourth-order valence-electron chi connectivity index (χ4n) is 1.15. The lowest BCUT2D eigenvalue weighted by atomic mass is 10.2. The number of nitrogens with one attached hydrogen (secondary N) is 1. The molecule has 7 nitrogen and oxygen atoms in total. The lowest BCUT2D eigenvalue weighted by molar-refractivity contribution is 0.482. The van der Waals surface area contributed by atoms with E-state index in [9.17, 15) is 16.8 Å². The molecule has 16 heavy (non-hydrogen) atoms. The molecule has 0 fully saturated rings. The molecule has 0 aliphatic rings. The van der Waals surface area contributed by atoms with Crippen molar-refractivity contribution >= 4 is 26.1 Å². The zero-order valence-electron chi connectivity index (χ0n) is 8.08. The Morgan fingerprint density at radius 1 is 1.12 bits per heavy atom. The third-order valence-electron chi connectivity index (χ3n) is 1.70. The molecule has 90 valence electrons. The Morgan fingerprint density at radius 3 is 2.06 bits per heavy atom. The summed E-state index contributed by atoms with van der Waals surface area (Å²) in [5.74, 6) is 0. The van der Waals surface area contributed by atoms with Crippen molar-refractivity contribution in [1.29, 1.82) is 0 Å². The van der Waals surface area contributed by atoms with Crippen LogP contribution in [0, 0.1) is 6.92 Å². The standard InChI is InChI=1S/C7H9NO6S2/c1-5-4-6(8-16(12,13)14)2-3-7(5)15(9,10)11/h2-4,8H,1H3,(H,9,10,11)(H,12,13,14). The van der Waals surface area contributed by atoms with Crippen LogP contribution in [-0.2, 0) is 20.4 Å². The maximum absolute atomic E-state index is 10.8. The van der Waals surface area contributed by atoms with E-state index in [2.05, 4.69) is 0 Å². The summed E-state index contributed by atoms with van der Waals surface area (Å²) in [6.07, 6.45) is 0. The van der Waals surface area contributed by atoms with E-state index >= 15 is 0 Å². The molecule has 0 radical (unpaired) electrons. The third-order valence-corrected chi connectivity index (χ3v) is 3.21. The van der Waals surface area contributed by atoms with Gasteiger partial charge in [0.1, 0.15) is 0 Å². The highest BCUT2D eigenvalue weighted by Gasteiger charge is 2.14. The van der Waals surface area contributed by atoms with E-state index in [0.717, 1.165) is 18.2 Å². The molecule has 9 heteroatoms. The molecule has 0 amide bonds. The lowest BCUT2D eigenvalue weighted by Crippen LogP contribution is -2.11. The predicted molar refractivity (Wildman–Crippen MR) is 56.2 cm³/mol. The first-order chi connectivity index (χ1) is 7.09. The molecule has 0 spiro atoms. The summed E-state index contributed by atoms with van der Waals surface area (Å²) in [6.45, 7) is 1.37. The average Bonchev–Trinajstić information content (AvgIpc) is 1.97. The highest BCUT2D eigenvalue weighted by atomic mass is 32.2. The summed E-state index contributed by atoms with van der Waals surface area (Å²) >= 11 is 0. The predicted octanol–water partition coefficient (Wildman–Crippen LogP) is 0.456. The first-order valence-electron chi connectivity index (χ1n) is 3.93. The van der Waals surface area contributed by atoms with E-state index in [4.69, 9.17) is 9.11 Å². The van der Waals surface area contributed by atoms with Crippen LogP contribution in [0.25, 0.3) is 0 Å². The average molecular weight is 267 g/mol. The van der Waals surface area contributed by atoms with Gasteiger partial charge in [0.15, 0.2) is 0 Å². The van der Waals surface area contributed by atoms with Gasteiger partial charge in [0, 0.05) is 0 Å². The molecule has 0 saturated carbocycles. The zero-order chi connectivity index (χ0) is 12.6. The smallest absolute Gasteiger partial charge is 0.282 e. The molecule has 1 aromatic carbocycles. The van der Waals surface area contributed by atoms with Crippen molar-refractivity contribution < 1.29 is 25.9 Å². The van der Waals surface area contributed by atoms with Gasteiger partial charge in [-0.3, -0.25) is 13.8 Å². The summed E-state index contributed by atoms with van der Waals surface area (Å²) in [4.78, 5) is -0.326. The van der Waals surface area contributed by atoms with Gasteiger partial charge in [-0.05, 0) is 30.7 Å². The Labute approximate surface area is 92.7 Å². The summed E-state index contributed by atoms with van der Waals surface area (Å²) in [7, 11) is -8.74. The highest BCUT2D eigenvalue weighted by Crippen LogP contribution is 2.19. The SMILES string of the molecule is Cc1cc(NS(=O)(=O)O)ccc1S(=O)(=O)O. The van der Waals surface area contributed by atoms with Crippen LogP contribution in [0.15, 0.2) is 23.1 Å². The van der Waals surface area contributed by atoms with Gasteiger partial charge >= 0.3 is 10.3 Å². The van der Waals surface area contributed by atoms with Gasteiger partial charge in [0.25, 0.3) is 10.1 Å². The van der Waals surface area contributed by atoms with Gasteiger partial charge in [-0.2, -0.15) is 16.8 Å². The molecule has 3 N–H and O–H groups in total. The molecule has 0 unspecified atom stereocenters. The first-order valence-corrected chi connectivity index (χ1v) is 6.81. The second-order valence-electron chi connectivity index (χ2n) is 3.03. The molecule has 0 aromatic heterocycles. The third kappa shape index (κ3) is 3.45. The highest BCUT2D eigenvalue weighted by molar-refractivity contribution is 7.87. The van der Waals surface area contributed by atoms with Crippen LogP contribution < -0.4 is 4.72 Å². The van der Waals surface area contributed by atoms with Crippen molar-refractivity contribution in [3.05, 3.63) is 23.8 Å². The molecule has 0 aliphatic carbocycles. The quantitative estimate of drug-likeness (QED) is 0.684. The Bertz CT molecular complexity index is 604. The monoisotopic (exact) mass is 267 g/mol. The van der Waals surface area contributed by atoms with Crippen LogP contribution in [0.5, 0.6) is 0 Å². The summed E-state index contributed by atoms with van der Waals surface area (Å²) in [5.41, 5.74) is 0.142. The number of anilines is 1. The van der Waals surface area contributed by atoms with Crippen molar-refractivity contribution in [1.82, 2.24) is 0 Å². The van der Waals surface area contributed by atoms with E-state index in [1.807, 2.05) is 0 Å². The minimum atomic E-state index is -4.40. The van der Waals surface area contributed by atoms with Gasteiger partial charge in [-0.25, -0.2) is 0 Å². The maximum Gasteiger partial charge on any atom is 0.357 e. The van der Waals surface area contributed by atoms with Crippen molar-refractivity contribution in [3.63, 3.8) is 0 Å². The fourth-order valence-corrected chi connectivity index (χ4v) is 2.28. The minimum absolute atomic E-state index is 0.00704. The van der Waals surface area contributed by atoms with Gasteiger partial charge < -0.3 is 0 Å². The van der Waals surface area contributed by atoms with E-state index in [1.165, 1.54) is 6.92 Å². The zero-order valence-corrected chi connectivity index (χ0v) is 9.71. The Morgan fingerprint density at radius 2 is 1.69 bits per heavy atom. The number of benzene rings is 1.